The maximum Gasteiger partial charge on any atom is 0.316 e. The van der Waals surface area contributed by atoms with Crippen molar-refractivity contribution in [2.24, 2.45) is 23.7 Å². The number of carbonyl (C=O) groups excluding carboxylic acids is 1. The predicted octanol–water partition coefficient (Wildman–Crippen LogP) is 6.14. The van der Waals surface area contributed by atoms with Crippen molar-refractivity contribution in [2.45, 2.75) is 210 Å². The second-order valence-electron chi connectivity index (χ2n) is 21.0. The number of fused-ring (bicyclic) bond motifs is 2. The zero-order chi connectivity index (χ0) is 49.1. The third-order valence-corrected chi connectivity index (χ3v) is 15.7. The number of ether oxygens (including phenoxy) is 10. The van der Waals surface area contributed by atoms with Crippen molar-refractivity contribution in [1.29, 1.82) is 0 Å². The molecule has 4 N–H and O–H groups in total. The molecular formula is C53H83NO14. The highest BCUT2D eigenvalue weighted by Gasteiger charge is 2.60. The Hall–Kier alpha value is -2.35. The molecule has 0 radical (unpaired) electrons. The molecular weight excluding hydrogens is 875 g/mol. The number of hydrogen-bond donors (Lipinski definition) is 4. The van der Waals surface area contributed by atoms with Crippen molar-refractivity contribution in [3.05, 3.63) is 59.3 Å². The molecule has 6 heterocycles. The van der Waals surface area contributed by atoms with E-state index in [4.69, 9.17) is 47.4 Å². The first-order valence-electron chi connectivity index (χ1n) is 25.5. The highest BCUT2D eigenvalue weighted by atomic mass is 16.7. The SMILES string of the molecule is CCCNCC1(O)C[C@H](C)O[C@@H](O[C@H]2[C@H](C)O[C@@H](O[C@@H]3/C(C)=C/C[C@@H]4C[C@@H](C[C@]5(C=C[C@H](C)[C@@H](C(C)CC)O5)O4)OC(=O)[C@@H]4C=C(C)[C@@H](O)[C@H]5OC/C(=C/C=C/[C@@H]3C)[C@]54O)C[C@@H]2OC)C[C@@H]1OC. The van der Waals surface area contributed by atoms with E-state index in [0.29, 0.717) is 56.2 Å². The lowest BCUT2D eigenvalue weighted by Crippen LogP contribution is -2.58. The smallest absolute Gasteiger partial charge is 0.316 e. The number of hydrogen-bond acceptors (Lipinski definition) is 15. The molecule has 2 bridgehead atoms. The van der Waals surface area contributed by atoms with Crippen LogP contribution in [0.15, 0.2) is 59.3 Å². The first kappa shape index (κ1) is 53.4. The lowest BCUT2D eigenvalue weighted by atomic mass is 9.71. The van der Waals surface area contributed by atoms with Gasteiger partial charge in [-0.05, 0) is 75.8 Å². The maximum atomic E-state index is 14.4. The van der Waals surface area contributed by atoms with E-state index in [2.05, 4.69) is 52.1 Å². The van der Waals surface area contributed by atoms with Crippen molar-refractivity contribution in [1.82, 2.24) is 5.32 Å². The number of esters is 1. The Morgan fingerprint density at radius 3 is 2.40 bits per heavy atom. The fourth-order valence-corrected chi connectivity index (χ4v) is 11.7. The first-order valence-corrected chi connectivity index (χ1v) is 25.5. The number of methoxy groups -OCH3 is 2. The zero-order valence-corrected chi connectivity index (χ0v) is 42.5. The normalized spacial score (nSPS) is 47.1. The number of rotatable bonds is 12. The minimum absolute atomic E-state index is 0.0282. The van der Waals surface area contributed by atoms with Gasteiger partial charge in [0.2, 0.25) is 0 Å². The molecule has 1 aliphatic carbocycles. The van der Waals surface area contributed by atoms with Gasteiger partial charge in [-0.15, -0.1) is 0 Å². The van der Waals surface area contributed by atoms with Crippen LogP contribution in [0.25, 0.3) is 0 Å². The van der Waals surface area contributed by atoms with Gasteiger partial charge in [0.25, 0.3) is 0 Å². The van der Waals surface area contributed by atoms with Gasteiger partial charge >= 0.3 is 5.97 Å². The quantitative estimate of drug-likeness (QED) is 0.0995. The van der Waals surface area contributed by atoms with Crippen molar-refractivity contribution in [3.63, 3.8) is 0 Å². The third kappa shape index (κ3) is 11.5. The number of aliphatic hydroxyl groups is 3. The van der Waals surface area contributed by atoms with E-state index < -0.39 is 96.4 Å². The maximum absolute atomic E-state index is 14.4. The molecule has 15 heteroatoms. The Labute approximate surface area is 404 Å². The molecule has 0 aromatic heterocycles. The van der Waals surface area contributed by atoms with Crippen molar-refractivity contribution < 1.29 is 67.5 Å². The molecule has 7 rings (SSSR count). The predicted molar refractivity (Wildman–Crippen MR) is 254 cm³/mol. The average molecular weight is 958 g/mol. The van der Waals surface area contributed by atoms with Gasteiger partial charge in [-0.1, -0.05) is 77.5 Å². The summed E-state index contributed by atoms with van der Waals surface area (Å²) in [5.74, 6) is -2.60. The Kier molecular flexibility index (Phi) is 17.8. The third-order valence-electron chi connectivity index (χ3n) is 15.7. The average Bonchev–Trinajstić information content (AvgIpc) is 3.58. The number of carbonyl (C=O) groups is 1. The van der Waals surface area contributed by atoms with E-state index in [1.807, 2.05) is 39.0 Å². The summed E-state index contributed by atoms with van der Waals surface area (Å²) in [6.45, 7) is 19.5. The molecule has 4 fully saturated rings. The van der Waals surface area contributed by atoms with Crippen LogP contribution in [0.4, 0.5) is 0 Å². The molecule has 68 heavy (non-hydrogen) atoms. The molecule has 20 atom stereocenters. The minimum atomic E-state index is -1.84. The lowest BCUT2D eigenvalue weighted by molar-refractivity contribution is -0.301. The highest BCUT2D eigenvalue weighted by molar-refractivity contribution is 5.78. The Bertz CT molecular complexity index is 1870. The van der Waals surface area contributed by atoms with E-state index >= 15 is 0 Å². The van der Waals surface area contributed by atoms with E-state index in [9.17, 15) is 20.1 Å². The van der Waals surface area contributed by atoms with Gasteiger partial charge in [0.15, 0.2) is 18.4 Å². The topological polar surface area (TPSA) is 182 Å². The van der Waals surface area contributed by atoms with Gasteiger partial charge in [0.05, 0.1) is 49.3 Å². The van der Waals surface area contributed by atoms with Crippen LogP contribution in [0.2, 0.25) is 0 Å². The van der Waals surface area contributed by atoms with E-state index in [0.717, 1.165) is 25.0 Å². The first-order chi connectivity index (χ1) is 32.4. The van der Waals surface area contributed by atoms with Crippen LogP contribution in [0, 0.1) is 23.7 Å². The van der Waals surface area contributed by atoms with Crippen LogP contribution >= 0.6 is 0 Å². The Morgan fingerprint density at radius 1 is 0.912 bits per heavy atom. The van der Waals surface area contributed by atoms with E-state index in [1.165, 1.54) is 0 Å². The Balaban J connectivity index is 1.15. The van der Waals surface area contributed by atoms with E-state index in [1.54, 1.807) is 33.3 Å². The fourth-order valence-electron chi connectivity index (χ4n) is 11.7. The summed E-state index contributed by atoms with van der Waals surface area (Å²) in [5.41, 5.74) is -1.01. The van der Waals surface area contributed by atoms with Gasteiger partial charge in [0.1, 0.15) is 41.5 Å². The standard InChI is InChI=1S/C53H83NO14/c1-12-21-54-29-51(57)26-35(8)62-44(25-42(51)60-11)66-48-36(9)63-43(24-41(48)59-10)65-46-31(4)15-14-16-37-28-61-49-45(55)34(7)22-40(53(37,49)58)50(56)64-39-23-38(18-17-32(46)5)67-52(27-39)20-19-33(6)47(68-52)30(3)13-2/h14-17,19-20,22,30-31,33,35-36,38-49,54-55,57-58H,12-13,18,21,23-29H2,1-11H3/b15-14+,32-17+,37-16-/t30?,31-,33-,35-,36-,38+,39-,40-,41-,42-,43-,44-,45+,46-,47+,48-,49+,51?,52+,53+/m0/s1. The summed E-state index contributed by atoms with van der Waals surface area (Å²) in [6.07, 6.45) is 10.5. The Morgan fingerprint density at radius 2 is 1.68 bits per heavy atom. The largest absolute Gasteiger partial charge is 0.462 e. The molecule has 0 aromatic carbocycles. The van der Waals surface area contributed by atoms with Crippen LogP contribution < -0.4 is 5.32 Å². The van der Waals surface area contributed by atoms with Gasteiger partial charge < -0.3 is 68.0 Å². The van der Waals surface area contributed by atoms with Crippen molar-refractivity contribution in [3.8, 4) is 0 Å². The van der Waals surface area contributed by atoms with Crippen molar-refractivity contribution in [2.75, 3.05) is 33.9 Å². The van der Waals surface area contributed by atoms with Crippen LogP contribution in [-0.4, -0.2) is 152 Å². The number of allylic oxidation sites excluding steroid dienone is 2. The molecule has 0 aromatic rings. The number of nitrogens with one attached hydrogen (secondary N) is 1. The second-order valence-corrected chi connectivity index (χ2v) is 21.0. The number of aliphatic hydroxyl groups excluding tert-OH is 1. The molecule has 2 unspecified atom stereocenters. The summed E-state index contributed by atoms with van der Waals surface area (Å²) in [5, 5.41) is 39.0. The molecule has 4 saturated heterocycles. The molecule has 15 nitrogen and oxygen atoms in total. The molecule has 384 valence electrons. The van der Waals surface area contributed by atoms with Crippen LogP contribution in [0.3, 0.4) is 0 Å². The molecule has 1 spiro atoms. The summed E-state index contributed by atoms with van der Waals surface area (Å²) >= 11 is 0. The second kappa shape index (κ2) is 22.6. The molecule has 0 amide bonds. The molecule has 0 saturated carbocycles. The van der Waals surface area contributed by atoms with E-state index in [-0.39, 0.29) is 36.6 Å². The zero-order valence-electron chi connectivity index (χ0n) is 42.5. The summed E-state index contributed by atoms with van der Waals surface area (Å²) in [7, 11) is 3.27. The van der Waals surface area contributed by atoms with Gasteiger partial charge in [-0.2, -0.15) is 0 Å². The van der Waals surface area contributed by atoms with Gasteiger partial charge in [0, 0.05) is 64.7 Å². The fraction of sp³-hybridized carbons (Fsp3) is 0.792. The van der Waals surface area contributed by atoms with Crippen LogP contribution in [-0.2, 0) is 52.2 Å². The summed E-state index contributed by atoms with van der Waals surface area (Å²) in [6, 6.07) is 0. The minimum Gasteiger partial charge on any atom is -0.462 e. The van der Waals surface area contributed by atoms with Crippen LogP contribution in [0.5, 0.6) is 0 Å². The monoisotopic (exact) mass is 958 g/mol. The molecule has 7 aliphatic rings. The molecule has 6 aliphatic heterocycles. The van der Waals surface area contributed by atoms with Crippen LogP contribution in [0.1, 0.15) is 114 Å². The van der Waals surface area contributed by atoms with Crippen molar-refractivity contribution >= 4 is 5.97 Å². The lowest BCUT2D eigenvalue weighted by Gasteiger charge is -2.48. The van der Waals surface area contributed by atoms with Gasteiger partial charge in [-0.3, -0.25) is 4.79 Å². The van der Waals surface area contributed by atoms with Gasteiger partial charge in [-0.25, -0.2) is 0 Å². The summed E-state index contributed by atoms with van der Waals surface area (Å²) in [4.78, 5) is 14.4. The highest BCUT2D eigenvalue weighted by Crippen LogP contribution is 2.47. The summed E-state index contributed by atoms with van der Waals surface area (Å²) < 4.78 is 65.0.